The van der Waals surface area contributed by atoms with Crippen LogP contribution in [-0.4, -0.2) is 38.5 Å². The zero-order valence-electron chi connectivity index (χ0n) is 15.1. The van der Waals surface area contributed by atoms with Gasteiger partial charge in [-0.25, -0.2) is 19.9 Å². The van der Waals surface area contributed by atoms with Gasteiger partial charge in [-0.05, 0) is 19.9 Å². The van der Waals surface area contributed by atoms with Crippen LogP contribution >= 0.6 is 8.19 Å². The first-order valence-electron chi connectivity index (χ1n) is 8.12. The summed E-state index contributed by atoms with van der Waals surface area (Å²) < 4.78 is 9.84. The van der Waals surface area contributed by atoms with Crippen LogP contribution in [0, 0.1) is 0 Å². The van der Waals surface area contributed by atoms with Crippen molar-refractivity contribution in [1.82, 2.24) is 5.48 Å². The fraction of sp³-hybridized carbons (Fsp3) is 0.312. The lowest BCUT2D eigenvalue weighted by atomic mass is 10.2. The SMILES string of the molecule is CCOC(=O)Nc1cccc2[pH]c(NC(=O)NOC)c(NC(=O)OCC)c12. The Morgan fingerprint density at radius 3 is 2.30 bits per heavy atom. The van der Waals surface area contributed by atoms with Gasteiger partial charge in [-0.1, -0.05) is 12.1 Å². The summed E-state index contributed by atoms with van der Waals surface area (Å²) in [5, 5.41) is 9.30. The topological polar surface area (TPSA) is 127 Å². The van der Waals surface area contributed by atoms with Crippen molar-refractivity contribution < 1.29 is 28.7 Å². The molecule has 4 N–H and O–H groups in total. The minimum Gasteiger partial charge on any atom is -0.450 e. The summed E-state index contributed by atoms with van der Waals surface area (Å²) in [6.45, 7) is 3.78. The summed E-state index contributed by atoms with van der Waals surface area (Å²) in [4.78, 5) is 40.2. The highest BCUT2D eigenvalue weighted by atomic mass is 31.0. The third-order valence-corrected chi connectivity index (χ3v) is 4.58. The van der Waals surface area contributed by atoms with E-state index in [0.29, 0.717) is 22.2 Å². The molecule has 0 saturated heterocycles. The Hall–Kier alpha value is -2.97. The van der Waals surface area contributed by atoms with E-state index >= 15 is 0 Å². The number of carbonyl (C=O) groups is 3. The lowest BCUT2D eigenvalue weighted by Crippen LogP contribution is -2.27. The highest BCUT2D eigenvalue weighted by molar-refractivity contribution is 7.42. The van der Waals surface area contributed by atoms with Gasteiger partial charge in [0.2, 0.25) is 0 Å². The number of urea groups is 1. The van der Waals surface area contributed by atoms with Crippen LogP contribution in [0.5, 0.6) is 0 Å². The monoisotopic (exact) mass is 396 g/mol. The van der Waals surface area contributed by atoms with Crippen LogP contribution in [0.25, 0.3) is 10.5 Å². The number of rotatable bonds is 6. The van der Waals surface area contributed by atoms with E-state index in [-0.39, 0.29) is 21.4 Å². The Balaban J connectivity index is 2.48. The van der Waals surface area contributed by atoms with Crippen LogP contribution < -0.4 is 21.4 Å². The van der Waals surface area contributed by atoms with Crippen molar-refractivity contribution in [3.63, 3.8) is 0 Å². The van der Waals surface area contributed by atoms with E-state index in [9.17, 15) is 14.4 Å². The van der Waals surface area contributed by atoms with E-state index in [1.807, 2.05) is 6.07 Å². The van der Waals surface area contributed by atoms with Gasteiger partial charge in [0.1, 0.15) is 0 Å². The van der Waals surface area contributed by atoms with Crippen molar-refractivity contribution in [2.75, 3.05) is 36.3 Å². The van der Waals surface area contributed by atoms with Gasteiger partial charge in [0, 0.05) is 10.5 Å². The van der Waals surface area contributed by atoms with Crippen LogP contribution in [0.2, 0.25) is 0 Å². The Bertz CT molecular complexity index is 838. The largest absolute Gasteiger partial charge is 0.450 e. The Kier molecular flexibility index (Phi) is 7.27. The van der Waals surface area contributed by atoms with Crippen molar-refractivity contribution in [2.45, 2.75) is 13.8 Å². The molecule has 1 aromatic carbocycles. The predicted molar refractivity (Wildman–Crippen MR) is 104 cm³/mol. The number of carbonyl (C=O) groups excluding carboxylic acids is 3. The second kappa shape index (κ2) is 9.65. The quantitative estimate of drug-likeness (QED) is 0.552. The molecule has 2 aromatic rings. The summed E-state index contributed by atoms with van der Waals surface area (Å²) in [7, 11) is 1.34. The van der Waals surface area contributed by atoms with E-state index in [4.69, 9.17) is 9.47 Å². The third kappa shape index (κ3) is 5.25. The summed E-state index contributed by atoms with van der Waals surface area (Å²) in [6, 6.07) is 4.66. The van der Waals surface area contributed by atoms with E-state index in [1.165, 1.54) is 7.11 Å². The highest BCUT2D eigenvalue weighted by Crippen LogP contribution is 2.47. The van der Waals surface area contributed by atoms with E-state index in [1.54, 1.807) is 26.0 Å². The average molecular weight is 396 g/mol. The smallest absolute Gasteiger partial charge is 0.411 e. The number of amides is 4. The Morgan fingerprint density at radius 2 is 1.67 bits per heavy atom. The van der Waals surface area contributed by atoms with Crippen molar-refractivity contribution in [2.24, 2.45) is 0 Å². The minimum absolute atomic E-state index is 0.0336. The molecule has 1 aromatic heterocycles. The number of benzene rings is 1. The van der Waals surface area contributed by atoms with E-state index < -0.39 is 18.2 Å². The molecule has 2 rings (SSSR count). The van der Waals surface area contributed by atoms with Crippen LogP contribution in [0.3, 0.4) is 0 Å². The molecule has 0 aliphatic rings. The van der Waals surface area contributed by atoms with Crippen molar-refractivity contribution in [3.8, 4) is 0 Å². The molecule has 1 atom stereocenters. The van der Waals surface area contributed by atoms with E-state index in [0.717, 1.165) is 5.12 Å². The van der Waals surface area contributed by atoms with Gasteiger partial charge < -0.3 is 14.8 Å². The van der Waals surface area contributed by atoms with Crippen molar-refractivity contribution >= 4 is 53.7 Å². The number of fused-ring (bicyclic) bond motifs is 1. The van der Waals surface area contributed by atoms with Crippen LogP contribution in [0.4, 0.5) is 31.2 Å². The molecular weight excluding hydrogens is 375 g/mol. The molecule has 1 heterocycles. The van der Waals surface area contributed by atoms with Gasteiger partial charge in [0.15, 0.2) is 0 Å². The van der Waals surface area contributed by atoms with Crippen molar-refractivity contribution in [1.29, 1.82) is 0 Å². The van der Waals surface area contributed by atoms with Gasteiger partial charge in [0.05, 0.1) is 37.1 Å². The lowest BCUT2D eigenvalue weighted by Gasteiger charge is -2.12. The molecule has 0 saturated carbocycles. The molecule has 4 amide bonds. The first kappa shape index (κ1) is 20.3. The zero-order chi connectivity index (χ0) is 19.8. The fourth-order valence-electron chi connectivity index (χ4n) is 2.35. The Morgan fingerprint density at radius 1 is 1.00 bits per heavy atom. The number of hydrogen-bond donors (Lipinski definition) is 4. The maximum Gasteiger partial charge on any atom is 0.411 e. The van der Waals surface area contributed by atoms with Crippen LogP contribution in [0.15, 0.2) is 18.2 Å². The summed E-state index contributed by atoms with van der Waals surface area (Å²) >= 11 is 0. The number of hydroxylamine groups is 1. The maximum atomic E-state index is 12.0. The Labute approximate surface area is 156 Å². The zero-order valence-corrected chi connectivity index (χ0v) is 16.1. The molecule has 0 radical (unpaired) electrons. The first-order valence-corrected chi connectivity index (χ1v) is 9.12. The fourth-order valence-corrected chi connectivity index (χ4v) is 3.67. The normalized spacial score (nSPS) is 10.5. The van der Waals surface area contributed by atoms with Gasteiger partial charge in [-0.2, -0.15) is 0 Å². The summed E-state index contributed by atoms with van der Waals surface area (Å²) in [5.74, 6) is 0. The molecule has 10 nitrogen and oxygen atoms in total. The van der Waals surface area contributed by atoms with Gasteiger partial charge in [0.25, 0.3) is 0 Å². The van der Waals surface area contributed by atoms with Gasteiger partial charge in [-0.3, -0.25) is 15.5 Å². The van der Waals surface area contributed by atoms with Gasteiger partial charge >= 0.3 is 18.2 Å². The first-order chi connectivity index (χ1) is 13.0. The highest BCUT2D eigenvalue weighted by Gasteiger charge is 2.19. The number of ether oxygens (including phenoxy) is 2. The maximum absolute atomic E-state index is 12.0. The average Bonchev–Trinajstić information content (AvgIpc) is 2.93. The second-order valence-electron chi connectivity index (χ2n) is 5.05. The molecule has 11 heteroatoms. The third-order valence-electron chi connectivity index (χ3n) is 3.27. The molecular formula is C16H21N4O6P. The molecule has 1 unspecified atom stereocenters. The predicted octanol–water partition coefficient (Wildman–Crippen LogP) is 3.69. The summed E-state index contributed by atoms with van der Waals surface area (Å²) in [5.41, 5.74) is 3.37. The molecule has 27 heavy (non-hydrogen) atoms. The molecule has 0 aliphatic carbocycles. The van der Waals surface area contributed by atoms with Crippen LogP contribution in [-0.2, 0) is 14.3 Å². The van der Waals surface area contributed by atoms with Gasteiger partial charge in [-0.15, -0.1) is 8.19 Å². The standard InChI is InChI=1S/C16H21N4O6P/c1-4-25-15(22)17-9-7-6-8-10-11(9)12(18-16(23)26-5-2)13(27-10)19-14(21)20-24-3/h6-8,27H,4-5H2,1-3H3,(H,17,22)(H,18,23)(H2,19,20,21). The molecule has 0 fully saturated rings. The lowest BCUT2D eigenvalue weighted by molar-refractivity contribution is 0.114. The van der Waals surface area contributed by atoms with Crippen LogP contribution in [0.1, 0.15) is 13.8 Å². The second-order valence-corrected chi connectivity index (χ2v) is 6.34. The molecule has 146 valence electrons. The summed E-state index contributed by atoms with van der Waals surface area (Å²) in [6.07, 6.45) is -1.30. The van der Waals surface area contributed by atoms with E-state index in [2.05, 4.69) is 26.3 Å². The number of hydrogen-bond acceptors (Lipinski definition) is 6. The molecule has 0 spiro atoms. The number of nitrogens with one attached hydrogen (secondary N) is 4. The minimum atomic E-state index is -0.678. The van der Waals surface area contributed by atoms with Crippen molar-refractivity contribution in [3.05, 3.63) is 18.2 Å². The number of anilines is 3. The molecule has 0 bridgehead atoms. The molecule has 0 aliphatic heterocycles.